The van der Waals surface area contributed by atoms with Crippen molar-refractivity contribution >= 4 is 6.29 Å². The highest BCUT2D eigenvalue weighted by Gasteiger charge is 2.11. The molecule has 0 amide bonds. The Bertz CT molecular complexity index is 746. The quantitative estimate of drug-likeness (QED) is 0.687. The first-order chi connectivity index (χ1) is 10.3. The van der Waals surface area contributed by atoms with Crippen LogP contribution < -0.4 is 4.74 Å². The molecular weight excluding hydrogens is 264 g/mol. The van der Waals surface area contributed by atoms with Crippen LogP contribution in [0.1, 0.15) is 10.4 Å². The van der Waals surface area contributed by atoms with Gasteiger partial charge in [-0.25, -0.2) is 4.68 Å². The lowest BCUT2D eigenvalue weighted by Gasteiger charge is -2.02. The van der Waals surface area contributed by atoms with Crippen LogP contribution in [-0.4, -0.2) is 23.2 Å². The fourth-order valence-corrected chi connectivity index (χ4v) is 2.16. The van der Waals surface area contributed by atoms with Gasteiger partial charge in [-0.3, -0.25) is 4.79 Å². The van der Waals surface area contributed by atoms with Gasteiger partial charge in [-0.1, -0.05) is 18.2 Å². The number of rotatable bonds is 4. The Balaban J connectivity index is 2.05. The molecule has 0 saturated heterocycles. The molecule has 2 aromatic carbocycles. The van der Waals surface area contributed by atoms with E-state index in [1.165, 1.54) is 0 Å². The number of para-hydroxylation sites is 1. The zero-order valence-electron chi connectivity index (χ0n) is 11.6. The number of hydrogen-bond acceptors (Lipinski definition) is 3. The molecule has 3 aromatic rings. The highest BCUT2D eigenvalue weighted by molar-refractivity contribution is 5.85. The van der Waals surface area contributed by atoms with Gasteiger partial charge in [-0.2, -0.15) is 5.10 Å². The van der Waals surface area contributed by atoms with Crippen molar-refractivity contribution in [1.29, 1.82) is 0 Å². The third kappa shape index (κ3) is 2.56. The molecule has 4 nitrogen and oxygen atoms in total. The largest absolute Gasteiger partial charge is 0.497 e. The van der Waals surface area contributed by atoms with E-state index in [0.717, 1.165) is 23.3 Å². The first kappa shape index (κ1) is 13.1. The second-order valence-corrected chi connectivity index (χ2v) is 4.56. The Hall–Kier alpha value is -2.88. The summed E-state index contributed by atoms with van der Waals surface area (Å²) in [6.45, 7) is 0. The Morgan fingerprint density at radius 3 is 2.38 bits per heavy atom. The Morgan fingerprint density at radius 1 is 1.05 bits per heavy atom. The van der Waals surface area contributed by atoms with E-state index in [-0.39, 0.29) is 0 Å². The molecule has 0 aliphatic rings. The van der Waals surface area contributed by atoms with Gasteiger partial charge in [0.1, 0.15) is 11.4 Å². The molecule has 0 aliphatic carbocycles. The summed E-state index contributed by atoms with van der Waals surface area (Å²) in [4.78, 5) is 11.3. The van der Waals surface area contributed by atoms with Crippen LogP contribution in [0, 0.1) is 0 Å². The van der Waals surface area contributed by atoms with Gasteiger partial charge in [0, 0.05) is 11.8 Å². The molecule has 0 unspecified atom stereocenters. The summed E-state index contributed by atoms with van der Waals surface area (Å²) in [5.74, 6) is 0.772. The van der Waals surface area contributed by atoms with Gasteiger partial charge in [-0.15, -0.1) is 0 Å². The lowest BCUT2D eigenvalue weighted by atomic mass is 10.1. The van der Waals surface area contributed by atoms with Gasteiger partial charge in [-0.05, 0) is 36.4 Å². The molecule has 0 fully saturated rings. The number of hydrogen-bond donors (Lipinski definition) is 0. The molecule has 0 radical (unpaired) electrons. The van der Waals surface area contributed by atoms with Gasteiger partial charge in [0.05, 0.1) is 18.4 Å². The van der Waals surface area contributed by atoms with Gasteiger partial charge >= 0.3 is 0 Å². The van der Waals surface area contributed by atoms with Crippen LogP contribution in [0.4, 0.5) is 0 Å². The summed E-state index contributed by atoms with van der Waals surface area (Å²) < 4.78 is 6.85. The maximum Gasteiger partial charge on any atom is 0.153 e. The number of carbonyl (C=O) groups is 1. The topological polar surface area (TPSA) is 44.1 Å². The van der Waals surface area contributed by atoms with Crippen molar-refractivity contribution in [3.8, 4) is 22.7 Å². The molecule has 0 spiro atoms. The summed E-state index contributed by atoms with van der Waals surface area (Å²) in [6, 6.07) is 17.2. The average Bonchev–Trinajstić information content (AvgIpc) is 3.00. The van der Waals surface area contributed by atoms with Crippen LogP contribution in [0.5, 0.6) is 5.75 Å². The lowest BCUT2D eigenvalue weighted by Crippen LogP contribution is -1.94. The zero-order chi connectivity index (χ0) is 14.7. The number of carbonyl (C=O) groups excluding carboxylic acids is 1. The molecular formula is C17H14N2O2. The van der Waals surface area contributed by atoms with Crippen LogP contribution in [0.2, 0.25) is 0 Å². The first-order valence-corrected chi connectivity index (χ1v) is 6.56. The minimum atomic E-state index is 0.559. The summed E-state index contributed by atoms with van der Waals surface area (Å²) in [5, 5.41) is 4.52. The van der Waals surface area contributed by atoms with Gasteiger partial charge in [0.2, 0.25) is 0 Å². The highest BCUT2D eigenvalue weighted by Crippen LogP contribution is 2.24. The van der Waals surface area contributed by atoms with E-state index in [1.54, 1.807) is 18.0 Å². The van der Waals surface area contributed by atoms with Crippen molar-refractivity contribution in [1.82, 2.24) is 9.78 Å². The van der Waals surface area contributed by atoms with Crippen LogP contribution in [0.15, 0.2) is 60.8 Å². The summed E-state index contributed by atoms with van der Waals surface area (Å²) in [6.07, 6.45) is 2.56. The molecule has 21 heavy (non-hydrogen) atoms. The smallest absolute Gasteiger partial charge is 0.153 e. The molecule has 0 atom stereocenters. The van der Waals surface area contributed by atoms with Crippen molar-refractivity contribution in [2.24, 2.45) is 0 Å². The van der Waals surface area contributed by atoms with E-state index in [2.05, 4.69) is 5.10 Å². The van der Waals surface area contributed by atoms with E-state index in [4.69, 9.17) is 4.74 Å². The fourth-order valence-electron chi connectivity index (χ4n) is 2.16. The third-order valence-electron chi connectivity index (χ3n) is 3.25. The van der Waals surface area contributed by atoms with Crippen LogP contribution in [-0.2, 0) is 0 Å². The van der Waals surface area contributed by atoms with Gasteiger partial charge in [0.25, 0.3) is 0 Å². The second kappa shape index (κ2) is 5.63. The van der Waals surface area contributed by atoms with Crippen molar-refractivity contribution in [3.05, 3.63) is 66.4 Å². The summed E-state index contributed by atoms with van der Waals surface area (Å²) >= 11 is 0. The highest BCUT2D eigenvalue weighted by atomic mass is 16.5. The first-order valence-electron chi connectivity index (χ1n) is 6.56. The van der Waals surface area contributed by atoms with Gasteiger partial charge < -0.3 is 4.74 Å². The molecule has 1 heterocycles. The fraction of sp³-hybridized carbons (Fsp3) is 0.0588. The zero-order valence-corrected chi connectivity index (χ0v) is 11.6. The molecule has 1 aromatic heterocycles. The normalized spacial score (nSPS) is 10.3. The van der Waals surface area contributed by atoms with Crippen molar-refractivity contribution < 1.29 is 9.53 Å². The number of aromatic nitrogens is 2. The summed E-state index contributed by atoms with van der Waals surface area (Å²) in [5.41, 5.74) is 3.02. The van der Waals surface area contributed by atoms with Crippen LogP contribution >= 0.6 is 0 Å². The third-order valence-corrected chi connectivity index (χ3v) is 3.25. The second-order valence-electron chi connectivity index (χ2n) is 4.56. The van der Waals surface area contributed by atoms with Gasteiger partial charge in [0.15, 0.2) is 6.29 Å². The SMILES string of the molecule is COc1ccc(-c2nn(-c3ccccc3)cc2C=O)cc1. The molecule has 0 saturated carbocycles. The minimum Gasteiger partial charge on any atom is -0.497 e. The predicted octanol–water partition coefficient (Wildman–Crippen LogP) is 3.36. The van der Waals surface area contributed by atoms with E-state index >= 15 is 0 Å². The number of benzene rings is 2. The van der Waals surface area contributed by atoms with E-state index in [1.807, 2.05) is 54.6 Å². The monoisotopic (exact) mass is 278 g/mol. The van der Waals surface area contributed by atoms with E-state index in [0.29, 0.717) is 11.3 Å². The molecule has 4 heteroatoms. The maximum atomic E-state index is 11.3. The molecule has 0 aliphatic heterocycles. The maximum absolute atomic E-state index is 11.3. The van der Waals surface area contributed by atoms with E-state index in [9.17, 15) is 4.79 Å². The molecule has 3 rings (SSSR count). The molecule has 0 bridgehead atoms. The minimum absolute atomic E-state index is 0.559. The van der Waals surface area contributed by atoms with E-state index < -0.39 is 0 Å². The molecule has 0 N–H and O–H groups in total. The average molecular weight is 278 g/mol. The Morgan fingerprint density at radius 2 is 1.76 bits per heavy atom. The molecule has 104 valence electrons. The van der Waals surface area contributed by atoms with Crippen molar-refractivity contribution in [2.45, 2.75) is 0 Å². The van der Waals surface area contributed by atoms with Crippen molar-refractivity contribution in [2.75, 3.05) is 7.11 Å². The number of aldehydes is 1. The van der Waals surface area contributed by atoms with Crippen LogP contribution in [0.3, 0.4) is 0 Å². The van der Waals surface area contributed by atoms with Crippen molar-refractivity contribution in [3.63, 3.8) is 0 Å². The number of ether oxygens (including phenoxy) is 1. The summed E-state index contributed by atoms with van der Waals surface area (Å²) in [7, 11) is 1.62. The predicted molar refractivity (Wildman–Crippen MR) is 80.9 cm³/mol. The number of nitrogens with zero attached hydrogens (tertiary/aromatic N) is 2. The lowest BCUT2D eigenvalue weighted by molar-refractivity contribution is 0.112. The number of methoxy groups -OCH3 is 1. The van der Waals surface area contributed by atoms with Crippen LogP contribution in [0.25, 0.3) is 16.9 Å². The Labute approximate surface area is 122 Å². The standard InChI is InChI=1S/C17H14N2O2/c1-21-16-9-7-13(8-10-16)17-14(12-20)11-19(18-17)15-5-3-2-4-6-15/h2-12H,1H3. The Kier molecular flexibility index (Phi) is 3.51.